The van der Waals surface area contributed by atoms with Crippen LogP contribution in [0, 0.1) is 0 Å². The molecule has 0 fully saturated rings. The first-order valence-corrected chi connectivity index (χ1v) is 11.8. The van der Waals surface area contributed by atoms with E-state index in [0.29, 0.717) is 0 Å². The van der Waals surface area contributed by atoms with E-state index in [4.69, 9.17) is 4.74 Å². The van der Waals surface area contributed by atoms with Crippen molar-refractivity contribution in [2.45, 2.75) is 96.3 Å². The molecule has 0 spiro atoms. The van der Waals surface area contributed by atoms with E-state index >= 15 is 0 Å². The number of hydrogen-bond acceptors (Lipinski definition) is 3. The highest BCUT2D eigenvalue weighted by Crippen LogP contribution is 2.55. The van der Waals surface area contributed by atoms with E-state index in [1.807, 2.05) is 0 Å². The van der Waals surface area contributed by atoms with Gasteiger partial charge in [0.15, 0.2) is 0 Å². The summed E-state index contributed by atoms with van der Waals surface area (Å²) >= 11 is 0. The fraction of sp³-hybridized carbons (Fsp3) is 0.556. The number of fused-ring (bicyclic) bond motifs is 5. The van der Waals surface area contributed by atoms with E-state index < -0.39 is 11.1 Å². The van der Waals surface area contributed by atoms with E-state index in [0.717, 1.165) is 55.5 Å². The zero-order valence-electron chi connectivity index (χ0n) is 19.2. The molecule has 3 nitrogen and oxygen atoms in total. The summed E-state index contributed by atoms with van der Waals surface area (Å²) in [6, 6.07) is 12.8. The highest BCUT2D eigenvalue weighted by atomic mass is 16.5. The molecule has 2 aliphatic heterocycles. The summed E-state index contributed by atoms with van der Waals surface area (Å²) in [5, 5.41) is 15.7. The normalized spacial score (nSPS) is 26.1. The van der Waals surface area contributed by atoms with Crippen molar-refractivity contribution >= 4 is 5.69 Å². The highest BCUT2D eigenvalue weighted by Gasteiger charge is 2.52. The van der Waals surface area contributed by atoms with Crippen LogP contribution in [0.5, 0.6) is 5.75 Å². The molecule has 4 rings (SSSR count). The molecule has 0 bridgehead atoms. The van der Waals surface area contributed by atoms with Gasteiger partial charge in [-0.1, -0.05) is 64.3 Å². The maximum absolute atomic E-state index is 12.0. The largest absolute Gasteiger partial charge is 0.485 e. The fourth-order valence-electron chi connectivity index (χ4n) is 5.59. The van der Waals surface area contributed by atoms with Gasteiger partial charge in [-0.2, -0.15) is 0 Å². The predicted octanol–water partition coefficient (Wildman–Crippen LogP) is 7.21. The van der Waals surface area contributed by atoms with Gasteiger partial charge in [0, 0.05) is 22.7 Å². The van der Waals surface area contributed by atoms with Gasteiger partial charge in [-0.15, -0.1) is 0 Å². The Morgan fingerprint density at radius 1 is 0.967 bits per heavy atom. The quantitative estimate of drug-likeness (QED) is 0.532. The molecule has 3 unspecified atom stereocenters. The second-order valence-electron chi connectivity index (χ2n) is 9.73. The molecular formula is C27H37NO2. The molecule has 3 atom stereocenters. The standard InChI is InChI=1S/C27H37NO2/c1-6-8-13-23-25-20(19-12-10-11-14-22(19)30-23)15-16-21-24(25)18(3)27(29,17-9-7-2)26(4,5)28-21/h10-12,14-16,18,23,28-29H,6-9,13,17H2,1-5H3. The molecule has 162 valence electrons. The summed E-state index contributed by atoms with van der Waals surface area (Å²) in [5.74, 6) is 1.01. The van der Waals surface area contributed by atoms with Gasteiger partial charge in [-0.25, -0.2) is 0 Å². The van der Waals surface area contributed by atoms with E-state index in [9.17, 15) is 5.11 Å². The number of ether oxygens (including phenoxy) is 1. The lowest BCUT2D eigenvalue weighted by Gasteiger charge is -2.53. The van der Waals surface area contributed by atoms with Crippen LogP contribution in [0.3, 0.4) is 0 Å². The number of aliphatic hydroxyl groups is 1. The zero-order chi connectivity index (χ0) is 21.5. The summed E-state index contributed by atoms with van der Waals surface area (Å²) in [7, 11) is 0. The molecule has 2 aromatic carbocycles. The summed E-state index contributed by atoms with van der Waals surface area (Å²) in [6.45, 7) is 10.9. The number of unbranched alkanes of at least 4 members (excludes halogenated alkanes) is 2. The minimum Gasteiger partial charge on any atom is -0.485 e. The molecule has 2 aromatic rings. The van der Waals surface area contributed by atoms with E-state index in [2.05, 4.69) is 76.3 Å². The van der Waals surface area contributed by atoms with Crippen LogP contribution in [0.15, 0.2) is 36.4 Å². The minimum absolute atomic E-state index is 0.0308. The Kier molecular flexibility index (Phi) is 5.61. The number of rotatable bonds is 6. The molecule has 0 saturated carbocycles. The van der Waals surface area contributed by atoms with E-state index in [1.165, 1.54) is 16.7 Å². The van der Waals surface area contributed by atoms with Gasteiger partial charge < -0.3 is 15.2 Å². The maximum Gasteiger partial charge on any atom is 0.128 e. The second kappa shape index (κ2) is 7.92. The summed E-state index contributed by atoms with van der Waals surface area (Å²) in [4.78, 5) is 0. The lowest BCUT2D eigenvalue weighted by molar-refractivity contribution is -0.0469. The van der Waals surface area contributed by atoms with Crippen molar-refractivity contribution in [3.63, 3.8) is 0 Å². The van der Waals surface area contributed by atoms with Crippen molar-refractivity contribution in [2.24, 2.45) is 0 Å². The van der Waals surface area contributed by atoms with Gasteiger partial charge >= 0.3 is 0 Å². The lowest BCUT2D eigenvalue weighted by Crippen LogP contribution is -2.61. The highest BCUT2D eigenvalue weighted by molar-refractivity contribution is 5.81. The van der Waals surface area contributed by atoms with Crippen LogP contribution in [-0.2, 0) is 0 Å². The second-order valence-corrected chi connectivity index (χ2v) is 9.73. The molecule has 0 aliphatic carbocycles. The molecule has 2 heterocycles. The zero-order valence-corrected chi connectivity index (χ0v) is 19.2. The third-order valence-corrected chi connectivity index (χ3v) is 7.47. The van der Waals surface area contributed by atoms with Gasteiger partial charge in [0.05, 0.1) is 11.1 Å². The van der Waals surface area contributed by atoms with Crippen molar-refractivity contribution in [3.05, 3.63) is 47.5 Å². The SMILES string of the molecule is CCCCC1Oc2ccccc2-c2ccc3c(c21)C(C)C(O)(CCCC)C(C)(C)N3. The first kappa shape index (κ1) is 21.2. The Hall–Kier alpha value is -2.00. The Labute approximate surface area is 181 Å². The van der Waals surface area contributed by atoms with Gasteiger partial charge in [0.25, 0.3) is 0 Å². The van der Waals surface area contributed by atoms with Crippen LogP contribution in [0.25, 0.3) is 11.1 Å². The van der Waals surface area contributed by atoms with Gasteiger partial charge in [-0.3, -0.25) is 0 Å². The van der Waals surface area contributed by atoms with Crippen LogP contribution in [0.1, 0.15) is 96.3 Å². The first-order valence-electron chi connectivity index (χ1n) is 11.8. The van der Waals surface area contributed by atoms with Crippen molar-refractivity contribution in [2.75, 3.05) is 5.32 Å². The Bertz CT molecular complexity index is 919. The molecular weight excluding hydrogens is 370 g/mol. The molecule has 2 N–H and O–H groups in total. The Balaban J connectivity index is 1.91. The molecule has 30 heavy (non-hydrogen) atoms. The van der Waals surface area contributed by atoms with Crippen LogP contribution >= 0.6 is 0 Å². The average Bonchev–Trinajstić information content (AvgIpc) is 2.73. The van der Waals surface area contributed by atoms with E-state index in [-0.39, 0.29) is 12.0 Å². The van der Waals surface area contributed by atoms with Gasteiger partial charge in [0.1, 0.15) is 11.9 Å². The average molecular weight is 408 g/mol. The van der Waals surface area contributed by atoms with Crippen molar-refractivity contribution < 1.29 is 9.84 Å². The molecule has 3 heteroatoms. The van der Waals surface area contributed by atoms with Crippen LogP contribution in [0.2, 0.25) is 0 Å². The monoisotopic (exact) mass is 407 g/mol. The molecule has 0 radical (unpaired) electrons. The molecule has 0 aromatic heterocycles. The summed E-state index contributed by atoms with van der Waals surface area (Å²) < 4.78 is 6.57. The lowest BCUT2D eigenvalue weighted by atomic mass is 9.64. The number of para-hydroxylation sites is 1. The van der Waals surface area contributed by atoms with Crippen LogP contribution < -0.4 is 10.1 Å². The minimum atomic E-state index is -0.808. The van der Waals surface area contributed by atoms with Gasteiger partial charge in [-0.05, 0) is 56.4 Å². The van der Waals surface area contributed by atoms with Crippen molar-refractivity contribution in [1.82, 2.24) is 0 Å². The van der Waals surface area contributed by atoms with Crippen LogP contribution in [0.4, 0.5) is 5.69 Å². The smallest absolute Gasteiger partial charge is 0.128 e. The van der Waals surface area contributed by atoms with Crippen molar-refractivity contribution in [3.8, 4) is 16.9 Å². The summed E-state index contributed by atoms with van der Waals surface area (Å²) in [5.41, 5.74) is 4.91. The maximum atomic E-state index is 12.0. The number of hydrogen-bond donors (Lipinski definition) is 2. The number of anilines is 1. The van der Waals surface area contributed by atoms with Crippen LogP contribution in [-0.4, -0.2) is 16.2 Å². The fourth-order valence-corrected chi connectivity index (χ4v) is 5.59. The topological polar surface area (TPSA) is 41.5 Å². The van der Waals surface area contributed by atoms with Gasteiger partial charge in [0.2, 0.25) is 0 Å². The number of nitrogens with one attached hydrogen (secondary N) is 1. The predicted molar refractivity (Wildman–Crippen MR) is 125 cm³/mol. The van der Waals surface area contributed by atoms with E-state index in [1.54, 1.807) is 0 Å². The Morgan fingerprint density at radius 2 is 1.70 bits per heavy atom. The molecule has 0 saturated heterocycles. The van der Waals surface area contributed by atoms with Crippen molar-refractivity contribution in [1.29, 1.82) is 0 Å². The molecule has 2 aliphatic rings. The third-order valence-electron chi connectivity index (χ3n) is 7.47. The third kappa shape index (κ3) is 3.22. The molecule has 0 amide bonds. The first-order chi connectivity index (χ1) is 14.3. The number of benzene rings is 2. The summed E-state index contributed by atoms with van der Waals surface area (Å²) in [6.07, 6.45) is 6.21. The Morgan fingerprint density at radius 3 is 2.43 bits per heavy atom.